The Labute approximate surface area is 198 Å². The Bertz CT molecular complexity index is 1080. The molecule has 8 heteroatoms. The number of epoxide rings is 1. The van der Waals surface area contributed by atoms with Gasteiger partial charge in [0, 0.05) is 27.7 Å². The van der Waals surface area contributed by atoms with Crippen molar-refractivity contribution in [1.82, 2.24) is 0 Å². The molecule has 0 bridgehead atoms. The molecule has 2 aliphatic carbocycles. The lowest BCUT2D eigenvalue weighted by atomic mass is 9.36. The molecule has 0 aromatic carbocycles. The molecule has 1 N–H and O–H groups in total. The average molecular weight is 473 g/mol. The summed E-state index contributed by atoms with van der Waals surface area (Å²) in [6.45, 7) is 8.63. The lowest BCUT2D eigenvalue weighted by Crippen LogP contribution is -2.73. The topological polar surface area (TPSA) is 108 Å². The number of carbonyl (C=O) groups is 2. The molecule has 34 heavy (non-hydrogen) atoms. The number of fused-ring (bicyclic) bond motifs is 1. The van der Waals surface area contributed by atoms with E-state index in [1.807, 2.05) is 6.07 Å². The number of aliphatic hydroxyl groups is 1. The largest absolute Gasteiger partial charge is 0.472 e. The molecule has 8 nitrogen and oxygen atoms in total. The predicted molar refractivity (Wildman–Crippen MR) is 115 cm³/mol. The highest BCUT2D eigenvalue weighted by atomic mass is 16.7. The molecule has 4 aliphatic heterocycles. The number of cyclic esters (lactones) is 2. The van der Waals surface area contributed by atoms with Crippen LogP contribution in [0.4, 0.5) is 0 Å². The predicted octanol–water partition coefficient (Wildman–Crippen LogP) is 2.93. The smallest absolute Gasteiger partial charge is 0.339 e. The first-order chi connectivity index (χ1) is 16.0. The molecule has 0 unspecified atom stereocenters. The molecule has 6 fully saturated rings. The molecule has 6 aliphatic rings. The fourth-order valence-corrected chi connectivity index (χ4v) is 9.62. The van der Waals surface area contributed by atoms with Crippen molar-refractivity contribution in [2.45, 2.75) is 89.0 Å². The van der Waals surface area contributed by atoms with Crippen LogP contribution in [0, 0.1) is 28.1 Å². The van der Waals surface area contributed by atoms with Gasteiger partial charge in [0.05, 0.1) is 36.8 Å². The lowest BCUT2D eigenvalue weighted by molar-refractivity contribution is -0.261. The molecule has 0 amide bonds. The van der Waals surface area contributed by atoms with Gasteiger partial charge in [-0.1, -0.05) is 13.8 Å². The van der Waals surface area contributed by atoms with Crippen molar-refractivity contribution in [2.24, 2.45) is 28.1 Å². The second kappa shape index (κ2) is 6.08. The van der Waals surface area contributed by atoms with Crippen LogP contribution in [0.2, 0.25) is 0 Å². The Balaban J connectivity index is 1.40. The van der Waals surface area contributed by atoms with E-state index >= 15 is 0 Å². The van der Waals surface area contributed by atoms with Crippen LogP contribution in [0.15, 0.2) is 23.0 Å². The van der Waals surface area contributed by atoms with Gasteiger partial charge in [0.15, 0.2) is 6.10 Å². The van der Waals surface area contributed by atoms with E-state index in [4.69, 9.17) is 23.4 Å². The van der Waals surface area contributed by atoms with E-state index < -0.39 is 45.8 Å². The molecule has 0 radical (unpaired) electrons. The highest BCUT2D eigenvalue weighted by Crippen LogP contribution is 2.80. The third-order valence-corrected chi connectivity index (χ3v) is 11.0. The van der Waals surface area contributed by atoms with Gasteiger partial charge in [-0.2, -0.15) is 0 Å². The van der Waals surface area contributed by atoms with Crippen molar-refractivity contribution in [2.75, 3.05) is 6.61 Å². The minimum atomic E-state index is -0.877. The van der Waals surface area contributed by atoms with Gasteiger partial charge in [0.25, 0.3) is 0 Å². The van der Waals surface area contributed by atoms with E-state index in [0.29, 0.717) is 6.42 Å². The standard InChI is InChI=1S/C26H32O8/c1-22(2)15-9-16(27)24(4)14(25(15)12-31-18(28)10-17(25)33-22)5-7-23(3)19(13-6-8-30-11-13)32-21(29)20-26(23,24)34-20/h6,8,11,14-17,19-20,27H,5,7,9-10,12H2,1-4H3/t14-,15-,16-,17-,19-,20+,23-,24+,25+,26+/m0/s1. The molecular weight excluding hydrogens is 440 g/mol. The van der Waals surface area contributed by atoms with E-state index in [0.717, 1.165) is 18.4 Å². The molecule has 1 aromatic heterocycles. The third-order valence-electron chi connectivity index (χ3n) is 11.0. The minimum absolute atomic E-state index is 0.0318. The molecule has 1 aromatic rings. The maximum atomic E-state index is 13.2. The molecule has 2 saturated carbocycles. The maximum absolute atomic E-state index is 13.2. The summed E-state index contributed by atoms with van der Waals surface area (Å²) in [4.78, 5) is 25.5. The lowest BCUT2D eigenvalue weighted by Gasteiger charge is -2.67. The Hall–Kier alpha value is -1.90. The Morgan fingerprint density at radius 1 is 1.06 bits per heavy atom. The first kappa shape index (κ1) is 21.4. The van der Waals surface area contributed by atoms with Crippen LogP contribution in [0.3, 0.4) is 0 Å². The maximum Gasteiger partial charge on any atom is 0.339 e. The van der Waals surface area contributed by atoms with Crippen molar-refractivity contribution in [3.05, 3.63) is 24.2 Å². The highest BCUT2D eigenvalue weighted by molar-refractivity contribution is 5.82. The quantitative estimate of drug-likeness (QED) is 0.491. The molecule has 4 saturated heterocycles. The van der Waals surface area contributed by atoms with E-state index in [2.05, 4.69) is 27.7 Å². The first-order valence-electron chi connectivity index (χ1n) is 12.4. The van der Waals surface area contributed by atoms with Gasteiger partial charge in [-0.3, -0.25) is 4.79 Å². The molecule has 10 atom stereocenters. The van der Waals surface area contributed by atoms with Gasteiger partial charge in [-0.05, 0) is 45.1 Å². The van der Waals surface area contributed by atoms with Crippen molar-refractivity contribution >= 4 is 11.9 Å². The molecular formula is C26H32O8. The summed E-state index contributed by atoms with van der Waals surface area (Å²) >= 11 is 0. The SMILES string of the molecule is CC1(C)O[C@H]2CC(=O)OC[C@]23[C@H]2CC[C@@]4(C)[C@H](c5ccoc5)OC(=O)[C@H]5O[C@]54[C@@]2(C)[C@@H](O)C[C@@H]13. The summed E-state index contributed by atoms with van der Waals surface area (Å²) in [5, 5.41) is 11.9. The number of esters is 2. The monoisotopic (exact) mass is 472 g/mol. The van der Waals surface area contributed by atoms with Crippen molar-refractivity contribution in [3.8, 4) is 0 Å². The summed E-state index contributed by atoms with van der Waals surface area (Å²) in [7, 11) is 0. The van der Waals surface area contributed by atoms with Gasteiger partial charge in [-0.25, -0.2) is 4.79 Å². The molecule has 184 valence electrons. The second-order valence-electron chi connectivity index (χ2n) is 12.4. The van der Waals surface area contributed by atoms with E-state index in [1.54, 1.807) is 12.5 Å². The molecule has 2 spiro atoms. The van der Waals surface area contributed by atoms with Crippen LogP contribution in [-0.2, 0) is 28.5 Å². The Morgan fingerprint density at radius 3 is 2.59 bits per heavy atom. The molecule has 7 rings (SSSR count). The normalized spacial score (nSPS) is 54.5. The van der Waals surface area contributed by atoms with E-state index in [-0.39, 0.29) is 42.9 Å². The van der Waals surface area contributed by atoms with Gasteiger partial charge >= 0.3 is 11.9 Å². The van der Waals surface area contributed by atoms with Crippen LogP contribution in [0.25, 0.3) is 0 Å². The third kappa shape index (κ3) is 2.07. The number of hydrogen-bond acceptors (Lipinski definition) is 8. The van der Waals surface area contributed by atoms with Crippen LogP contribution in [-0.4, -0.2) is 53.2 Å². The zero-order valence-corrected chi connectivity index (χ0v) is 20.0. The van der Waals surface area contributed by atoms with Crippen LogP contribution >= 0.6 is 0 Å². The van der Waals surface area contributed by atoms with Gasteiger partial charge in [0.1, 0.15) is 18.3 Å². The van der Waals surface area contributed by atoms with E-state index in [9.17, 15) is 14.7 Å². The first-order valence-corrected chi connectivity index (χ1v) is 12.4. The van der Waals surface area contributed by atoms with Gasteiger partial charge in [-0.15, -0.1) is 0 Å². The van der Waals surface area contributed by atoms with Gasteiger partial charge < -0.3 is 28.5 Å². The fourth-order valence-electron chi connectivity index (χ4n) is 9.62. The number of carbonyl (C=O) groups excluding carboxylic acids is 2. The van der Waals surface area contributed by atoms with Crippen molar-refractivity contribution in [1.29, 1.82) is 0 Å². The average Bonchev–Trinajstić information content (AvgIpc) is 3.26. The van der Waals surface area contributed by atoms with Crippen LogP contribution in [0.1, 0.15) is 65.0 Å². The number of ether oxygens (including phenoxy) is 4. The number of furan rings is 1. The fraction of sp³-hybridized carbons (Fsp3) is 0.769. The summed E-state index contributed by atoms with van der Waals surface area (Å²) in [6.07, 6.45) is 3.27. The van der Waals surface area contributed by atoms with Gasteiger partial charge in [0.2, 0.25) is 0 Å². The summed E-state index contributed by atoms with van der Waals surface area (Å²) < 4.78 is 30.0. The second-order valence-corrected chi connectivity index (χ2v) is 12.4. The van der Waals surface area contributed by atoms with Crippen LogP contribution < -0.4 is 0 Å². The van der Waals surface area contributed by atoms with Crippen LogP contribution in [0.5, 0.6) is 0 Å². The van der Waals surface area contributed by atoms with E-state index in [1.165, 1.54) is 0 Å². The number of rotatable bonds is 1. The van der Waals surface area contributed by atoms with Crippen molar-refractivity contribution in [3.63, 3.8) is 0 Å². The number of hydrogen-bond donors (Lipinski definition) is 1. The summed E-state index contributed by atoms with van der Waals surface area (Å²) in [6, 6.07) is 1.84. The van der Waals surface area contributed by atoms with Crippen molar-refractivity contribution < 1.29 is 38.1 Å². The number of aliphatic hydroxyl groups excluding tert-OH is 1. The highest BCUT2D eigenvalue weighted by Gasteiger charge is 2.89. The zero-order valence-electron chi connectivity index (χ0n) is 20.0. The summed E-state index contributed by atoms with van der Waals surface area (Å²) in [5.74, 6) is -0.625. The zero-order chi connectivity index (χ0) is 23.9. The Kier molecular flexibility index (Phi) is 3.82. The molecule has 5 heterocycles. The Morgan fingerprint density at radius 2 is 1.85 bits per heavy atom. The minimum Gasteiger partial charge on any atom is -0.472 e. The summed E-state index contributed by atoms with van der Waals surface area (Å²) in [5.41, 5.74) is -2.27.